The van der Waals surface area contributed by atoms with E-state index < -0.39 is 0 Å². The molecule has 0 saturated carbocycles. The van der Waals surface area contributed by atoms with E-state index in [9.17, 15) is 4.79 Å². The number of ether oxygens (including phenoxy) is 3. The lowest BCUT2D eigenvalue weighted by atomic mass is 10.1. The molecule has 172 valence electrons. The van der Waals surface area contributed by atoms with Crippen molar-refractivity contribution in [3.05, 3.63) is 72.2 Å². The van der Waals surface area contributed by atoms with Crippen molar-refractivity contribution in [3.8, 4) is 22.8 Å². The summed E-state index contributed by atoms with van der Waals surface area (Å²) in [4.78, 5) is 20.6. The van der Waals surface area contributed by atoms with Gasteiger partial charge in [0.2, 0.25) is 0 Å². The molecule has 4 aromatic rings. The van der Waals surface area contributed by atoms with Crippen LogP contribution in [0.5, 0.6) is 11.5 Å². The summed E-state index contributed by atoms with van der Waals surface area (Å²) in [5, 5.41) is 3.32. The molecule has 2 aromatic heterocycles. The third-order valence-electron chi connectivity index (χ3n) is 4.94. The summed E-state index contributed by atoms with van der Waals surface area (Å²) < 4.78 is 17.4. The van der Waals surface area contributed by atoms with Crippen LogP contribution >= 0.6 is 0 Å². The SMILES string of the molecule is CC.COC(=O)c1ccc(CNc2nccn3c(-c4ccc(OC)c(OC)c4)cnc23)cc1. The van der Waals surface area contributed by atoms with Crippen LogP contribution in [0.25, 0.3) is 16.9 Å². The minimum absolute atomic E-state index is 0.356. The molecule has 0 aliphatic rings. The van der Waals surface area contributed by atoms with Gasteiger partial charge in [0.05, 0.1) is 38.8 Å². The number of hydrogen-bond donors (Lipinski definition) is 1. The van der Waals surface area contributed by atoms with Gasteiger partial charge in [0.15, 0.2) is 23.0 Å². The number of imidazole rings is 1. The van der Waals surface area contributed by atoms with Crippen molar-refractivity contribution in [2.75, 3.05) is 26.6 Å². The zero-order valence-electron chi connectivity index (χ0n) is 19.5. The van der Waals surface area contributed by atoms with Crippen molar-refractivity contribution in [1.82, 2.24) is 14.4 Å². The highest BCUT2D eigenvalue weighted by atomic mass is 16.5. The topological polar surface area (TPSA) is 87.0 Å². The van der Waals surface area contributed by atoms with E-state index in [2.05, 4.69) is 15.3 Å². The summed E-state index contributed by atoms with van der Waals surface area (Å²) in [6.07, 6.45) is 5.39. The second kappa shape index (κ2) is 11.0. The van der Waals surface area contributed by atoms with E-state index in [1.54, 1.807) is 38.7 Å². The van der Waals surface area contributed by atoms with Crippen LogP contribution in [-0.4, -0.2) is 41.7 Å². The fourth-order valence-electron chi connectivity index (χ4n) is 3.32. The minimum atomic E-state index is -0.356. The van der Waals surface area contributed by atoms with Gasteiger partial charge in [-0.3, -0.25) is 4.40 Å². The highest BCUT2D eigenvalue weighted by Crippen LogP contribution is 2.33. The van der Waals surface area contributed by atoms with Crippen LogP contribution in [0.4, 0.5) is 5.82 Å². The number of aromatic nitrogens is 3. The van der Waals surface area contributed by atoms with Crippen molar-refractivity contribution >= 4 is 17.4 Å². The molecule has 0 fully saturated rings. The van der Waals surface area contributed by atoms with E-state index in [0.29, 0.717) is 35.1 Å². The Morgan fingerprint density at radius 3 is 2.36 bits per heavy atom. The van der Waals surface area contributed by atoms with Gasteiger partial charge in [-0.05, 0) is 35.9 Å². The van der Waals surface area contributed by atoms with Crippen LogP contribution in [0, 0.1) is 0 Å². The number of methoxy groups -OCH3 is 3. The lowest BCUT2D eigenvalue weighted by Gasteiger charge is -2.10. The van der Waals surface area contributed by atoms with Crippen LogP contribution in [0.3, 0.4) is 0 Å². The number of hydrogen-bond acceptors (Lipinski definition) is 7. The Morgan fingerprint density at radius 2 is 1.70 bits per heavy atom. The number of rotatable bonds is 7. The number of nitrogens with one attached hydrogen (secondary N) is 1. The summed E-state index contributed by atoms with van der Waals surface area (Å²) in [6.45, 7) is 4.53. The molecule has 4 rings (SSSR count). The number of benzene rings is 2. The van der Waals surface area contributed by atoms with Crippen LogP contribution in [-0.2, 0) is 11.3 Å². The van der Waals surface area contributed by atoms with Gasteiger partial charge in [-0.25, -0.2) is 14.8 Å². The summed E-state index contributed by atoms with van der Waals surface area (Å²) in [6, 6.07) is 13.0. The predicted octanol–water partition coefficient (Wildman–Crippen LogP) is 4.84. The van der Waals surface area contributed by atoms with Crippen molar-refractivity contribution in [1.29, 1.82) is 0 Å². The van der Waals surface area contributed by atoms with Crippen LogP contribution in [0.1, 0.15) is 29.8 Å². The van der Waals surface area contributed by atoms with Crippen LogP contribution in [0.15, 0.2) is 61.1 Å². The van der Waals surface area contributed by atoms with Crippen molar-refractivity contribution in [3.63, 3.8) is 0 Å². The smallest absolute Gasteiger partial charge is 0.337 e. The van der Waals surface area contributed by atoms with Gasteiger partial charge in [0.25, 0.3) is 0 Å². The lowest BCUT2D eigenvalue weighted by Crippen LogP contribution is -2.05. The van der Waals surface area contributed by atoms with Crippen LogP contribution in [0.2, 0.25) is 0 Å². The highest BCUT2D eigenvalue weighted by molar-refractivity contribution is 5.89. The third-order valence-corrected chi connectivity index (χ3v) is 4.94. The lowest BCUT2D eigenvalue weighted by molar-refractivity contribution is 0.0600. The van der Waals surface area contributed by atoms with Crippen molar-refractivity contribution in [2.24, 2.45) is 0 Å². The zero-order chi connectivity index (χ0) is 23.8. The summed E-state index contributed by atoms with van der Waals surface area (Å²) >= 11 is 0. The molecule has 2 heterocycles. The fraction of sp³-hybridized carbons (Fsp3) is 0.240. The van der Waals surface area contributed by atoms with E-state index in [1.165, 1.54) is 7.11 Å². The number of carbonyl (C=O) groups excluding carboxylic acids is 1. The maximum Gasteiger partial charge on any atom is 0.337 e. The normalized spacial score (nSPS) is 10.2. The van der Waals surface area contributed by atoms with Gasteiger partial charge in [0.1, 0.15) is 0 Å². The average molecular weight is 449 g/mol. The third kappa shape index (κ3) is 5.06. The number of fused-ring (bicyclic) bond motifs is 1. The summed E-state index contributed by atoms with van der Waals surface area (Å²) in [5.74, 6) is 1.62. The Balaban J connectivity index is 0.00000149. The quantitative estimate of drug-likeness (QED) is 0.405. The maximum atomic E-state index is 11.6. The first kappa shape index (κ1) is 23.6. The molecule has 0 saturated heterocycles. The first-order chi connectivity index (χ1) is 16.1. The van der Waals surface area contributed by atoms with E-state index in [-0.39, 0.29) is 5.97 Å². The molecule has 0 radical (unpaired) electrons. The highest BCUT2D eigenvalue weighted by Gasteiger charge is 2.13. The summed E-state index contributed by atoms with van der Waals surface area (Å²) in [7, 11) is 4.59. The monoisotopic (exact) mass is 448 g/mol. The van der Waals surface area contributed by atoms with Gasteiger partial charge in [-0.2, -0.15) is 0 Å². The predicted molar refractivity (Wildman–Crippen MR) is 128 cm³/mol. The maximum absolute atomic E-state index is 11.6. The van der Waals surface area contributed by atoms with Gasteiger partial charge >= 0.3 is 5.97 Å². The molecule has 0 bridgehead atoms. The Morgan fingerprint density at radius 1 is 0.970 bits per heavy atom. The molecular formula is C25H28N4O4. The Labute approximate surface area is 193 Å². The Bertz CT molecular complexity index is 1220. The average Bonchev–Trinajstić information content (AvgIpc) is 3.33. The minimum Gasteiger partial charge on any atom is -0.493 e. The molecular weight excluding hydrogens is 420 g/mol. The molecule has 33 heavy (non-hydrogen) atoms. The van der Waals surface area contributed by atoms with Crippen LogP contribution < -0.4 is 14.8 Å². The molecule has 8 nitrogen and oxygen atoms in total. The van der Waals surface area contributed by atoms with Gasteiger partial charge in [-0.15, -0.1) is 0 Å². The van der Waals surface area contributed by atoms with Crippen molar-refractivity contribution < 1.29 is 19.0 Å². The molecule has 1 N–H and O–H groups in total. The van der Waals surface area contributed by atoms with E-state index in [1.807, 2.05) is 54.8 Å². The number of carbonyl (C=O) groups is 1. The zero-order valence-corrected chi connectivity index (χ0v) is 19.5. The molecule has 0 unspecified atom stereocenters. The number of esters is 1. The van der Waals surface area contributed by atoms with Crippen molar-refractivity contribution in [2.45, 2.75) is 20.4 Å². The Kier molecular flexibility index (Phi) is 7.86. The summed E-state index contributed by atoms with van der Waals surface area (Å²) in [5.41, 5.74) is 4.07. The van der Waals surface area contributed by atoms with Gasteiger partial charge < -0.3 is 19.5 Å². The molecule has 0 atom stereocenters. The Hall–Kier alpha value is -4.07. The molecule has 0 spiro atoms. The molecule has 0 amide bonds. The molecule has 8 heteroatoms. The van der Waals surface area contributed by atoms with E-state index >= 15 is 0 Å². The standard InChI is InChI=1S/C23H22N4O4.C2H6/c1-29-19-9-8-17(12-20(19)30-2)18-14-26-22-21(24-10-11-27(18)22)25-13-15-4-6-16(7-5-15)23(28)31-3;1-2/h4-12,14H,13H2,1-3H3,(H,24,25);1-2H3. The molecule has 2 aromatic carbocycles. The fourth-order valence-corrected chi connectivity index (χ4v) is 3.32. The first-order valence-electron chi connectivity index (χ1n) is 10.6. The largest absolute Gasteiger partial charge is 0.493 e. The van der Waals surface area contributed by atoms with E-state index in [4.69, 9.17) is 14.2 Å². The van der Waals surface area contributed by atoms with Gasteiger partial charge in [-0.1, -0.05) is 26.0 Å². The molecule has 0 aliphatic heterocycles. The first-order valence-corrected chi connectivity index (χ1v) is 10.6. The number of nitrogens with zero attached hydrogens (tertiary/aromatic N) is 3. The molecule has 0 aliphatic carbocycles. The second-order valence-electron chi connectivity index (χ2n) is 6.72. The second-order valence-corrected chi connectivity index (χ2v) is 6.72. The number of anilines is 1. The van der Waals surface area contributed by atoms with E-state index in [0.717, 1.165) is 16.8 Å². The van der Waals surface area contributed by atoms with Gasteiger partial charge in [0, 0.05) is 24.5 Å².